The number of hydrogen-bond donors (Lipinski definition) is 2. The summed E-state index contributed by atoms with van der Waals surface area (Å²) in [5, 5.41) is 3.00. The second-order valence-electron chi connectivity index (χ2n) is 6.70. The Bertz CT molecular complexity index is 614. The average molecular weight is 368 g/mol. The zero-order chi connectivity index (χ0) is 17.2. The van der Waals surface area contributed by atoms with Crippen molar-refractivity contribution >= 4 is 29.9 Å². The van der Waals surface area contributed by atoms with E-state index in [2.05, 4.69) is 5.32 Å². The van der Waals surface area contributed by atoms with Gasteiger partial charge < -0.3 is 20.7 Å². The van der Waals surface area contributed by atoms with E-state index in [-0.39, 0.29) is 30.3 Å². The van der Waals surface area contributed by atoms with E-state index in [9.17, 15) is 9.59 Å². The fourth-order valence-corrected chi connectivity index (χ4v) is 3.25. The lowest BCUT2D eigenvalue weighted by atomic mass is 9.90. The van der Waals surface area contributed by atoms with E-state index in [4.69, 9.17) is 10.5 Å². The van der Waals surface area contributed by atoms with E-state index in [1.165, 1.54) is 0 Å². The third kappa shape index (κ3) is 4.32. The van der Waals surface area contributed by atoms with Gasteiger partial charge in [0, 0.05) is 31.9 Å². The van der Waals surface area contributed by atoms with Gasteiger partial charge in [-0.3, -0.25) is 9.59 Å². The Morgan fingerprint density at radius 1 is 1.28 bits per heavy atom. The highest BCUT2D eigenvalue weighted by Gasteiger charge is 2.36. The zero-order valence-corrected chi connectivity index (χ0v) is 15.3. The number of halogens is 1. The van der Waals surface area contributed by atoms with Gasteiger partial charge in [-0.15, -0.1) is 12.4 Å². The maximum absolute atomic E-state index is 12.5. The molecule has 0 spiro atoms. The highest BCUT2D eigenvalue weighted by atomic mass is 35.5. The van der Waals surface area contributed by atoms with Crippen LogP contribution in [-0.4, -0.2) is 37.1 Å². The topological polar surface area (TPSA) is 84.7 Å². The molecule has 1 unspecified atom stereocenters. The summed E-state index contributed by atoms with van der Waals surface area (Å²) in [7, 11) is 0. The first-order valence-corrected chi connectivity index (χ1v) is 8.57. The van der Waals surface area contributed by atoms with E-state index in [1.54, 1.807) is 0 Å². The van der Waals surface area contributed by atoms with Crippen LogP contribution in [0.1, 0.15) is 44.2 Å². The quantitative estimate of drug-likeness (QED) is 0.851. The second kappa shape index (κ2) is 8.17. The molecule has 0 radical (unpaired) electrons. The fourth-order valence-electron chi connectivity index (χ4n) is 3.25. The van der Waals surface area contributed by atoms with Crippen LogP contribution in [0.15, 0.2) is 24.3 Å². The Hall–Kier alpha value is -1.63. The maximum Gasteiger partial charge on any atom is 0.240 e. The van der Waals surface area contributed by atoms with Crippen molar-refractivity contribution in [1.82, 2.24) is 5.32 Å². The molecule has 2 saturated heterocycles. The fraction of sp³-hybridized carbons (Fsp3) is 0.556. The third-order valence-corrected chi connectivity index (χ3v) is 4.96. The first-order valence-electron chi connectivity index (χ1n) is 8.57. The van der Waals surface area contributed by atoms with Crippen LogP contribution in [0.3, 0.4) is 0 Å². The smallest absolute Gasteiger partial charge is 0.240 e. The Morgan fingerprint density at radius 3 is 2.48 bits per heavy atom. The lowest BCUT2D eigenvalue weighted by Gasteiger charge is -2.33. The summed E-state index contributed by atoms with van der Waals surface area (Å²) in [6.07, 6.45) is 2.62. The maximum atomic E-state index is 12.5. The molecule has 3 N–H and O–H groups in total. The van der Waals surface area contributed by atoms with Crippen LogP contribution in [0.25, 0.3) is 0 Å². The highest BCUT2D eigenvalue weighted by Crippen LogP contribution is 2.24. The molecule has 1 atom stereocenters. The van der Waals surface area contributed by atoms with Crippen molar-refractivity contribution in [3.63, 3.8) is 0 Å². The van der Waals surface area contributed by atoms with Crippen molar-refractivity contribution in [3.05, 3.63) is 29.8 Å². The molecule has 2 heterocycles. The lowest BCUT2D eigenvalue weighted by molar-refractivity contribution is -0.130. The van der Waals surface area contributed by atoms with Gasteiger partial charge in [-0.25, -0.2) is 0 Å². The van der Waals surface area contributed by atoms with Gasteiger partial charge in [-0.2, -0.15) is 0 Å². The second-order valence-corrected chi connectivity index (χ2v) is 6.70. The normalized spacial score (nSPS) is 20.7. The van der Waals surface area contributed by atoms with Crippen LogP contribution in [0.2, 0.25) is 0 Å². The number of ether oxygens (including phenoxy) is 1. The van der Waals surface area contributed by atoms with Crippen LogP contribution in [-0.2, 0) is 14.3 Å². The van der Waals surface area contributed by atoms with Gasteiger partial charge in [-0.1, -0.05) is 12.1 Å². The molecule has 0 bridgehead atoms. The van der Waals surface area contributed by atoms with Crippen molar-refractivity contribution in [2.24, 2.45) is 5.73 Å². The van der Waals surface area contributed by atoms with Crippen LogP contribution >= 0.6 is 12.4 Å². The monoisotopic (exact) mass is 367 g/mol. The molecule has 25 heavy (non-hydrogen) atoms. The summed E-state index contributed by atoms with van der Waals surface area (Å²) in [5.41, 5.74) is 7.29. The predicted octanol–water partition coefficient (Wildman–Crippen LogP) is 1.92. The number of hydrogen-bond acceptors (Lipinski definition) is 4. The van der Waals surface area contributed by atoms with Gasteiger partial charge in [0.25, 0.3) is 0 Å². The number of anilines is 1. The Labute approximate surface area is 154 Å². The van der Waals surface area contributed by atoms with Gasteiger partial charge in [0.05, 0.1) is 11.6 Å². The summed E-state index contributed by atoms with van der Waals surface area (Å²) >= 11 is 0. The minimum absolute atomic E-state index is 0. The highest BCUT2D eigenvalue weighted by molar-refractivity contribution is 5.95. The van der Waals surface area contributed by atoms with E-state index < -0.39 is 5.54 Å². The Balaban J connectivity index is 0.00000225. The van der Waals surface area contributed by atoms with E-state index in [0.717, 1.165) is 24.2 Å². The van der Waals surface area contributed by atoms with Crippen molar-refractivity contribution < 1.29 is 14.3 Å². The standard InChI is InChI=1S/C18H25N3O3.ClH/c1-13(20-17(23)18(19)8-11-24-12-9-18)14-4-6-15(7-5-14)21-10-2-3-16(21)22;/h4-7,13H,2-3,8-12,19H2,1H3,(H,20,23);1H. The van der Waals surface area contributed by atoms with Crippen LogP contribution in [0.4, 0.5) is 5.69 Å². The van der Waals surface area contributed by atoms with Crippen LogP contribution in [0, 0.1) is 0 Å². The van der Waals surface area contributed by atoms with E-state index >= 15 is 0 Å². The summed E-state index contributed by atoms with van der Waals surface area (Å²) in [6, 6.07) is 7.66. The van der Waals surface area contributed by atoms with Crippen molar-refractivity contribution in [3.8, 4) is 0 Å². The average Bonchev–Trinajstić information content (AvgIpc) is 3.01. The summed E-state index contributed by atoms with van der Waals surface area (Å²) in [4.78, 5) is 26.1. The lowest BCUT2D eigenvalue weighted by Crippen LogP contribution is -2.57. The zero-order valence-electron chi connectivity index (χ0n) is 14.5. The molecule has 2 amide bonds. The van der Waals surface area contributed by atoms with E-state index in [0.29, 0.717) is 32.5 Å². The molecule has 138 valence electrons. The number of carbonyl (C=O) groups excluding carboxylic acids is 2. The first kappa shape index (κ1) is 19.7. The van der Waals surface area contributed by atoms with Crippen molar-refractivity contribution in [2.75, 3.05) is 24.7 Å². The molecule has 0 saturated carbocycles. The molecule has 0 aliphatic carbocycles. The number of carbonyl (C=O) groups is 2. The molecule has 7 heteroatoms. The number of nitrogens with one attached hydrogen (secondary N) is 1. The minimum Gasteiger partial charge on any atom is -0.381 e. The molecular weight excluding hydrogens is 342 g/mol. The number of benzene rings is 1. The van der Waals surface area contributed by atoms with Crippen molar-refractivity contribution in [1.29, 1.82) is 0 Å². The van der Waals surface area contributed by atoms with Gasteiger partial charge in [-0.05, 0) is 43.9 Å². The number of rotatable bonds is 4. The molecule has 2 fully saturated rings. The molecule has 2 aliphatic rings. The molecule has 0 aromatic heterocycles. The first-order chi connectivity index (χ1) is 11.5. The van der Waals surface area contributed by atoms with Gasteiger partial charge >= 0.3 is 0 Å². The van der Waals surface area contributed by atoms with Crippen LogP contribution < -0.4 is 16.0 Å². The summed E-state index contributed by atoms with van der Waals surface area (Å²) in [6.45, 7) is 3.77. The summed E-state index contributed by atoms with van der Waals surface area (Å²) in [5.74, 6) is 0.0470. The number of nitrogens with zero attached hydrogens (tertiary/aromatic N) is 1. The molecular formula is C18H26ClN3O3. The Morgan fingerprint density at radius 2 is 1.92 bits per heavy atom. The summed E-state index contributed by atoms with van der Waals surface area (Å²) < 4.78 is 5.28. The van der Waals surface area contributed by atoms with Gasteiger partial charge in [0.2, 0.25) is 11.8 Å². The van der Waals surface area contributed by atoms with Gasteiger partial charge in [0.1, 0.15) is 0 Å². The SMILES string of the molecule is CC(NC(=O)C1(N)CCOCC1)c1ccc(N2CCCC2=O)cc1.Cl. The third-order valence-electron chi connectivity index (χ3n) is 4.96. The molecule has 2 aliphatic heterocycles. The molecule has 6 nitrogen and oxygen atoms in total. The van der Waals surface area contributed by atoms with Crippen molar-refractivity contribution in [2.45, 2.75) is 44.2 Å². The predicted molar refractivity (Wildman–Crippen MR) is 98.8 cm³/mol. The molecule has 1 aromatic rings. The minimum atomic E-state index is -0.839. The largest absolute Gasteiger partial charge is 0.381 e. The number of nitrogens with two attached hydrogens (primary N) is 1. The Kier molecular flexibility index (Phi) is 6.43. The van der Waals surface area contributed by atoms with Crippen LogP contribution in [0.5, 0.6) is 0 Å². The number of amides is 2. The van der Waals surface area contributed by atoms with E-state index in [1.807, 2.05) is 36.1 Å². The molecule has 3 rings (SSSR count). The molecule has 1 aromatic carbocycles. The van der Waals surface area contributed by atoms with Gasteiger partial charge in [0.15, 0.2) is 0 Å².